The van der Waals surface area contributed by atoms with E-state index in [0.29, 0.717) is 16.3 Å². The molecule has 0 fully saturated rings. The van der Waals surface area contributed by atoms with Crippen molar-refractivity contribution < 1.29 is 13.2 Å². The molecule has 1 aromatic heterocycles. The minimum Gasteiger partial charge on any atom is -0.492 e. The van der Waals surface area contributed by atoms with Gasteiger partial charge in [0.1, 0.15) is 12.4 Å². The van der Waals surface area contributed by atoms with Gasteiger partial charge < -0.3 is 10.5 Å². The summed E-state index contributed by atoms with van der Waals surface area (Å²) in [5.41, 5.74) is 6.23. The Kier molecular flexibility index (Phi) is 4.87. The van der Waals surface area contributed by atoms with Crippen LogP contribution in [0.3, 0.4) is 0 Å². The number of hydrogen-bond acceptors (Lipinski definition) is 5. The van der Waals surface area contributed by atoms with E-state index in [0.717, 1.165) is 9.75 Å². The second kappa shape index (κ2) is 6.46. The van der Waals surface area contributed by atoms with Gasteiger partial charge in [0.2, 0.25) is 10.0 Å². The lowest BCUT2D eigenvalue weighted by Gasteiger charge is -2.08. The molecule has 3 N–H and O–H groups in total. The number of ether oxygens (including phenoxy) is 1. The van der Waals surface area contributed by atoms with Crippen LogP contribution in [0.25, 0.3) is 0 Å². The number of rotatable bonds is 6. The molecule has 0 atom stereocenters. The van der Waals surface area contributed by atoms with Gasteiger partial charge in [-0.05, 0) is 44.2 Å². The molecule has 0 aliphatic carbocycles. The molecule has 0 amide bonds. The van der Waals surface area contributed by atoms with E-state index >= 15 is 0 Å². The first kappa shape index (κ1) is 15.8. The van der Waals surface area contributed by atoms with Crippen molar-refractivity contribution in [1.29, 1.82) is 0 Å². The number of nitrogens with two attached hydrogens (primary N) is 1. The van der Waals surface area contributed by atoms with Gasteiger partial charge >= 0.3 is 0 Å². The molecule has 21 heavy (non-hydrogen) atoms. The van der Waals surface area contributed by atoms with Gasteiger partial charge in [-0.2, -0.15) is 0 Å². The van der Waals surface area contributed by atoms with Crippen LogP contribution in [0, 0.1) is 13.8 Å². The number of benzene rings is 1. The molecule has 0 aliphatic heterocycles. The Bertz CT molecular complexity index is 706. The maximum Gasteiger partial charge on any atom is 0.241 e. The zero-order valence-electron chi connectivity index (χ0n) is 11.9. The molecular weight excluding hydrogens is 308 g/mol. The summed E-state index contributed by atoms with van der Waals surface area (Å²) in [6, 6.07) is 8.64. The van der Waals surface area contributed by atoms with Crippen molar-refractivity contribution >= 4 is 27.0 Å². The second-order valence-corrected chi connectivity index (χ2v) is 7.79. The topological polar surface area (TPSA) is 81.4 Å². The fourth-order valence-corrected chi connectivity index (χ4v) is 4.43. The summed E-state index contributed by atoms with van der Waals surface area (Å²) in [5.74, 6) is 0.658. The van der Waals surface area contributed by atoms with Gasteiger partial charge in [-0.25, -0.2) is 13.1 Å². The van der Waals surface area contributed by atoms with E-state index in [4.69, 9.17) is 10.5 Å². The lowest BCUT2D eigenvalue weighted by atomic mass is 10.3. The van der Waals surface area contributed by atoms with Gasteiger partial charge in [0.25, 0.3) is 0 Å². The molecule has 0 bridgehead atoms. The SMILES string of the molecule is Cc1cc(S(=O)(=O)NCCOc2ccc(N)cc2)c(C)s1. The third-order valence-electron chi connectivity index (χ3n) is 2.83. The Labute approximate surface area is 128 Å². The standard InChI is InChI=1S/C14H18N2O3S2/c1-10-9-14(11(2)20-10)21(17,18)16-7-8-19-13-5-3-12(15)4-6-13/h3-6,9,16H,7-8,15H2,1-2H3. The normalized spacial score (nSPS) is 11.5. The first-order valence-electron chi connectivity index (χ1n) is 6.43. The van der Waals surface area contributed by atoms with E-state index in [2.05, 4.69) is 4.72 Å². The lowest BCUT2D eigenvalue weighted by molar-refractivity contribution is 0.323. The molecule has 2 rings (SSSR count). The molecule has 1 heterocycles. The summed E-state index contributed by atoms with van der Waals surface area (Å²) in [7, 11) is -3.47. The molecule has 0 radical (unpaired) electrons. The van der Waals surface area contributed by atoms with E-state index in [1.807, 2.05) is 6.92 Å². The van der Waals surface area contributed by atoms with E-state index in [9.17, 15) is 8.42 Å². The first-order valence-corrected chi connectivity index (χ1v) is 8.73. The molecule has 0 aliphatic rings. The van der Waals surface area contributed by atoms with Crippen molar-refractivity contribution in [3.63, 3.8) is 0 Å². The quantitative estimate of drug-likeness (QED) is 0.630. The summed E-state index contributed by atoms with van der Waals surface area (Å²) in [5, 5.41) is 0. The Morgan fingerprint density at radius 3 is 2.48 bits per heavy atom. The number of sulfonamides is 1. The Morgan fingerprint density at radius 1 is 1.24 bits per heavy atom. The highest BCUT2D eigenvalue weighted by molar-refractivity contribution is 7.89. The minimum absolute atomic E-state index is 0.209. The lowest BCUT2D eigenvalue weighted by Crippen LogP contribution is -2.28. The summed E-state index contributed by atoms with van der Waals surface area (Å²) >= 11 is 1.47. The fraction of sp³-hybridized carbons (Fsp3) is 0.286. The van der Waals surface area contributed by atoms with Gasteiger partial charge in [-0.1, -0.05) is 0 Å². The van der Waals surface area contributed by atoms with Crippen LogP contribution in [0.5, 0.6) is 5.75 Å². The average Bonchev–Trinajstić information content (AvgIpc) is 2.77. The van der Waals surface area contributed by atoms with Crippen molar-refractivity contribution in [2.24, 2.45) is 0 Å². The number of nitrogen functional groups attached to an aromatic ring is 1. The van der Waals surface area contributed by atoms with E-state index in [1.54, 1.807) is 37.3 Å². The van der Waals surface area contributed by atoms with E-state index < -0.39 is 10.0 Å². The molecule has 5 nitrogen and oxygen atoms in total. The smallest absolute Gasteiger partial charge is 0.241 e. The fourth-order valence-electron chi connectivity index (χ4n) is 1.86. The van der Waals surface area contributed by atoms with Crippen molar-refractivity contribution in [2.45, 2.75) is 18.7 Å². The van der Waals surface area contributed by atoms with E-state index in [1.165, 1.54) is 11.3 Å². The molecule has 0 saturated heterocycles. The second-order valence-electron chi connectivity index (χ2n) is 4.59. The van der Waals surface area contributed by atoms with Crippen molar-refractivity contribution in [3.8, 4) is 5.75 Å². The van der Waals surface area contributed by atoms with E-state index in [-0.39, 0.29) is 13.2 Å². The van der Waals surface area contributed by atoms with Crippen LogP contribution < -0.4 is 15.2 Å². The van der Waals surface area contributed by atoms with Crippen LogP contribution >= 0.6 is 11.3 Å². The molecule has 2 aromatic rings. The number of aryl methyl sites for hydroxylation is 2. The average molecular weight is 326 g/mol. The highest BCUT2D eigenvalue weighted by Crippen LogP contribution is 2.24. The summed E-state index contributed by atoms with van der Waals surface area (Å²) in [6.07, 6.45) is 0. The number of anilines is 1. The van der Waals surface area contributed by atoms with Crippen molar-refractivity contribution in [3.05, 3.63) is 40.1 Å². The molecule has 0 spiro atoms. The predicted octanol–water partition coefficient (Wildman–Crippen LogP) is 2.30. The number of thiophene rings is 1. The van der Waals surface area contributed by atoms with Crippen molar-refractivity contribution in [2.75, 3.05) is 18.9 Å². The number of nitrogens with one attached hydrogen (secondary N) is 1. The summed E-state index contributed by atoms with van der Waals surface area (Å²) < 4.78 is 32.3. The van der Waals surface area contributed by atoms with Crippen LogP contribution in [0.4, 0.5) is 5.69 Å². The molecule has 7 heteroatoms. The largest absolute Gasteiger partial charge is 0.492 e. The summed E-state index contributed by atoms with van der Waals surface area (Å²) in [4.78, 5) is 2.11. The maximum atomic E-state index is 12.1. The predicted molar refractivity (Wildman–Crippen MR) is 85.3 cm³/mol. The summed E-state index contributed by atoms with van der Waals surface area (Å²) in [6.45, 7) is 4.16. The number of hydrogen-bond donors (Lipinski definition) is 2. The Hall–Kier alpha value is -1.57. The molecular formula is C14H18N2O3S2. The molecule has 114 valence electrons. The van der Waals surface area contributed by atoms with Gasteiger partial charge in [0.15, 0.2) is 0 Å². The third-order valence-corrected chi connectivity index (χ3v) is 5.51. The molecule has 1 aromatic carbocycles. The zero-order valence-corrected chi connectivity index (χ0v) is 13.6. The Balaban J connectivity index is 1.88. The van der Waals surface area contributed by atoms with Gasteiger partial charge in [-0.3, -0.25) is 0 Å². The van der Waals surface area contributed by atoms with Crippen molar-refractivity contribution in [1.82, 2.24) is 4.72 Å². The van der Waals surface area contributed by atoms with Crippen LogP contribution in [0.1, 0.15) is 9.75 Å². The zero-order chi connectivity index (χ0) is 15.5. The monoisotopic (exact) mass is 326 g/mol. The third kappa shape index (κ3) is 4.20. The Morgan fingerprint density at radius 2 is 1.90 bits per heavy atom. The van der Waals surface area contributed by atoms with Crippen LogP contribution in [-0.2, 0) is 10.0 Å². The van der Waals surface area contributed by atoms with Gasteiger partial charge in [0, 0.05) is 22.0 Å². The van der Waals surface area contributed by atoms with Crippen LogP contribution in [0.15, 0.2) is 35.2 Å². The van der Waals surface area contributed by atoms with Crippen LogP contribution in [0.2, 0.25) is 0 Å². The molecule has 0 saturated carbocycles. The highest BCUT2D eigenvalue weighted by Gasteiger charge is 2.18. The first-order chi connectivity index (χ1) is 9.88. The van der Waals surface area contributed by atoms with Crippen LogP contribution in [-0.4, -0.2) is 21.6 Å². The maximum absolute atomic E-state index is 12.1. The highest BCUT2D eigenvalue weighted by atomic mass is 32.2. The van der Waals surface area contributed by atoms with Gasteiger partial charge in [0.05, 0.1) is 4.90 Å². The molecule has 0 unspecified atom stereocenters. The minimum atomic E-state index is -3.47. The van der Waals surface area contributed by atoms with Gasteiger partial charge in [-0.15, -0.1) is 11.3 Å².